The maximum atomic E-state index is 13.0. The number of allylic oxidation sites excluding steroid dienone is 12. The van der Waals surface area contributed by atoms with Crippen molar-refractivity contribution in [3.05, 3.63) is 72.9 Å². The fourth-order valence-electron chi connectivity index (χ4n) is 10.6. The summed E-state index contributed by atoms with van der Waals surface area (Å²) in [6.45, 7) is 6.51. The third-order valence-electron chi connectivity index (χ3n) is 16.0. The molecule has 1 unspecified atom stereocenters. The van der Waals surface area contributed by atoms with Gasteiger partial charge in [0, 0.05) is 19.3 Å². The van der Waals surface area contributed by atoms with Gasteiger partial charge in [0.2, 0.25) is 0 Å². The highest BCUT2D eigenvalue weighted by Gasteiger charge is 2.19. The van der Waals surface area contributed by atoms with E-state index in [-0.39, 0.29) is 37.5 Å². The number of carbonyl (C=O) groups excluding carboxylic acids is 3. The lowest BCUT2D eigenvalue weighted by atomic mass is 10.0. The van der Waals surface area contributed by atoms with E-state index in [9.17, 15) is 14.4 Å². The zero-order valence-corrected chi connectivity index (χ0v) is 54.8. The highest BCUT2D eigenvalue weighted by molar-refractivity contribution is 5.71. The van der Waals surface area contributed by atoms with E-state index in [4.69, 9.17) is 14.2 Å². The lowest BCUT2D eigenvalue weighted by Gasteiger charge is -2.18. The smallest absolute Gasteiger partial charge is 0.306 e. The van der Waals surface area contributed by atoms with Gasteiger partial charge in [-0.25, -0.2) is 0 Å². The van der Waals surface area contributed by atoms with Gasteiger partial charge >= 0.3 is 17.9 Å². The second kappa shape index (κ2) is 70.3. The summed E-state index contributed by atoms with van der Waals surface area (Å²) in [6, 6.07) is 0. The van der Waals surface area contributed by atoms with Gasteiger partial charge in [0.05, 0.1) is 0 Å². The van der Waals surface area contributed by atoms with Crippen LogP contribution in [-0.2, 0) is 28.6 Å². The number of ether oxygens (including phenoxy) is 3. The van der Waals surface area contributed by atoms with Gasteiger partial charge in [-0.1, -0.05) is 351 Å². The number of carbonyl (C=O) groups is 3. The highest BCUT2D eigenvalue weighted by Crippen LogP contribution is 2.18. The molecular formula is C76H136O6. The molecule has 476 valence electrons. The molecular weight excluding hydrogens is 1010 g/mol. The van der Waals surface area contributed by atoms with E-state index in [0.29, 0.717) is 19.3 Å². The first-order valence-corrected chi connectivity index (χ1v) is 35.9. The minimum atomic E-state index is -0.805. The molecule has 0 N–H and O–H groups in total. The van der Waals surface area contributed by atoms with Crippen LogP contribution in [0, 0.1) is 0 Å². The Kier molecular flexibility index (Phi) is 67.6. The number of rotatable bonds is 66. The summed E-state index contributed by atoms with van der Waals surface area (Å²) in [5, 5.41) is 0. The molecule has 0 spiro atoms. The number of unbranched alkanes of at least 4 members (excludes halogenated alkanes) is 43. The molecule has 0 amide bonds. The summed E-state index contributed by atoms with van der Waals surface area (Å²) in [5.41, 5.74) is 0. The minimum Gasteiger partial charge on any atom is -0.462 e. The average molecular weight is 1150 g/mol. The largest absolute Gasteiger partial charge is 0.462 e. The van der Waals surface area contributed by atoms with Crippen molar-refractivity contribution < 1.29 is 28.6 Å². The quantitative estimate of drug-likeness (QED) is 0.0261. The molecule has 0 aliphatic rings. The van der Waals surface area contributed by atoms with Crippen LogP contribution in [0.25, 0.3) is 0 Å². The fourth-order valence-corrected chi connectivity index (χ4v) is 10.6. The minimum absolute atomic E-state index is 0.0938. The van der Waals surface area contributed by atoms with E-state index < -0.39 is 6.10 Å². The van der Waals surface area contributed by atoms with Gasteiger partial charge in [-0.2, -0.15) is 0 Å². The van der Waals surface area contributed by atoms with Crippen molar-refractivity contribution in [1.82, 2.24) is 0 Å². The molecule has 82 heavy (non-hydrogen) atoms. The Hall–Kier alpha value is -3.15. The second-order valence-corrected chi connectivity index (χ2v) is 24.1. The third-order valence-corrected chi connectivity index (χ3v) is 16.0. The van der Waals surface area contributed by atoms with Crippen molar-refractivity contribution in [2.45, 2.75) is 380 Å². The first-order chi connectivity index (χ1) is 40.5. The van der Waals surface area contributed by atoms with Gasteiger partial charge in [-0.05, 0) is 77.0 Å². The van der Waals surface area contributed by atoms with E-state index >= 15 is 0 Å². The monoisotopic (exact) mass is 1150 g/mol. The molecule has 6 heteroatoms. The standard InChI is InChI=1S/C76H136O6/c1-4-7-10-13-16-19-22-25-27-29-31-33-35-37-39-40-42-44-46-48-51-54-57-60-63-66-69-75(78)81-72-73(71-80-74(77)68-65-62-59-56-53-50-24-21-18-15-12-9-6-3)82-76(79)70-67-64-61-58-55-52-49-47-45-43-41-38-36-34-32-30-28-26-23-20-17-14-11-8-5-2/h9,12,18,21,23,26,30,32,50,53,59,62,73H,4-8,10-11,13-17,19-20,22,24-25,27-29,31,33-49,51-52,54-58,60-61,63-72H2,1-3H3/b12-9-,21-18-,26-23-,32-30-,53-50-,62-59-. The molecule has 0 bridgehead atoms. The van der Waals surface area contributed by atoms with Crippen molar-refractivity contribution in [2.24, 2.45) is 0 Å². The predicted molar refractivity (Wildman–Crippen MR) is 358 cm³/mol. The zero-order chi connectivity index (χ0) is 59.2. The SMILES string of the molecule is CC/C=C\C/C=C\C/C=C\C/C=C\CCC(=O)OCC(COC(=O)CCCCCCCCCCCCCCCCCCCCCCCCCCCC)OC(=O)CCCCCCCCCCCCCCC/C=C\C/C=C\CCCCCCC. The second-order valence-electron chi connectivity index (χ2n) is 24.1. The Labute approximate surface area is 510 Å². The molecule has 0 aliphatic heterocycles. The molecule has 1 atom stereocenters. The van der Waals surface area contributed by atoms with Crippen molar-refractivity contribution in [3.63, 3.8) is 0 Å². The topological polar surface area (TPSA) is 78.9 Å². The molecule has 0 aliphatic carbocycles. The van der Waals surface area contributed by atoms with E-state index in [1.54, 1.807) is 0 Å². The average Bonchev–Trinajstić information content (AvgIpc) is 3.47. The Bertz CT molecular complexity index is 1500. The maximum Gasteiger partial charge on any atom is 0.306 e. The van der Waals surface area contributed by atoms with E-state index in [1.807, 2.05) is 6.08 Å². The Morgan fingerprint density at radius 1 is 0.256 bits per heavy atom. The van der Waals surface area contributed by atoms with Crippen molar-refractivity contribution >= 4 is 17.9 Å². The summed E-state index contributed by atoms with van der Waals surface area (Å²) < 4.78 is 16.9. The molecule has 0 fully saturated rings. The van der Waals surface area contributed by atoms with Gasteiger partial charge in [0.15, 0.2) is 6.10 Å². The van der Waals surface area contributed by atoms with E-state index in [0.717, 1.165) is 70.6 Å². The summed E-state index contributed by atoms with van der Waals surface area (Å²) >= 11 is 0. The van der Waals surface area contributed by atoms with Crippen LogP contribution in [0.2, 0.25) is 0 Å². The molecule has 0 radical (unpaired) electrons. The first kappa shape index (κ1) is 78.8. The molecule has 0 aromatic rings. The number of hydrogen-bond donors (Lipinski definition) is 0. The third kappa shape index (κ3) is 67.6. The Balaban J connectivity index is 4.26. The van der Waals surface area contributed by atoms with Crippen molar-refractivity contribution in [2.75, 3.05) is 13.2 Å². The summed E-state index contributed by atoms with van der Waals surface area (Å²) in [6.07, 6.45) is 92.5. The summed E-state index contributed by atoms with van der Waals surface area (Å²) in [5.74, 6) is -0.959. The van der Waals surface area contributed by atoms with Crippen molar-refractivity contribution in [1.29, 1.82) is 0 Å². The molecule has 6 nitrogen and oxygen atoms in total. The van der Waals surface area contributed by atoms with Crippen LogP contribution in [-0.4, -0.2) is 37.2 Å². The van der Waals surface area contributed by atoms with Crippen LogP contribution in [0.15, 0.2) is 72.9 Å². The van der Waals surface area contributed by atoms with Gasteiger partial charge in [-0.3, -0.25) is 14.4 Å². The predicted octanol–water partition coefficient (Wildman–Crippen LogP) is 24.8. The summed E-state index contributed by atoms with van der Waals surface area (Å²) in [7, 11) is 0. The van der Waals surface area contributed by atoms with Crippen molar-refractivity contribution in [3.8, 4) is 0 Å². The fraction of sp³-hybridized carbons (Fsp3) is 0.803. The number of hydrogen-bond acceptors (Lipinski definition) is 6. The van der Waals surface area contributed by atoms with Crippen LogP contribution >= 0.6 is 0 Å². The highest BCUT2D eigenvalue weighted by atomic mass is 16.6. The Morgan fingerprint density at radius 3 is 0.817 bits per heavy atom. The molecule has 0 heterocycles. The molecule has 0 rings (SSSR count). The summed E-state index contributed by atoms with van der Waals surface area (Å²) in [4.78, 5) is 38.4. The number of esters is 3. The normalized spacial score (nSPS) is 12.5. The Morgan fingerprint density at radius 2 is 0.500 bits per heavy atom. The van der Waals surface area contributed by atoms with Gasteiger partial charge < -0.3 is 14.2 Å². The lowest BCUT2D eigenvalue weighted by Crippen LogP contribution is -2.30. The van der Waals surface area contributed by atoms with E-state index in [1.165, 1.54) is 257 Å². The van der Waals surface area contributed by atoms with Gasteiger partial charge in [0.25, 0.3) is 0 Å². The van der Waals surface area contributed by atoms with Gasteiger partial charge in [0.1, 0.15) is 13.2 Å². The molecule has 0 aromatic carbocycles. The van der Waals surface area contributed by atoms with Crippen LogP contribution in [0.3, 0.4) is 0 Å². The molecule has 0 saturated carbocycles. The van der Waals surface area contributed by atoms with Gasteiger partial charge in [-0.15, -0.1) is 0 Å². The first-order valence-electron chi connectivity index (χ1n) is 35.9. The van der Waals surface area contributed by atoms with Crippen LogP contribution in [0.4, 0.5) is 0 Å². The van der Waals surface area contributed by atoms with Crippen LogP contribution in [0.5, 0.6) is 0 Å². The molecule has 0 saturated heterocycles. The van der Waals surface area contributed by atoms with E-state index in [2.05, 4.69) is 87.6 Å². The van der Waals surface area contributed by atoms with Crippen LogP contribution in [0.1, 0.15) is 374 Å². The van der Waals surface area contributed by atoms with Crippen LogP contribution < -0.4 is 0 Å². The maximum absolute atomic E-state index is 13.0. The molecule has 0 aromatic heterocycles. The lowest BCUT2D eigenvalue weighted by molar-refractivity contribution is -0.166. The zero-order valence-electron chi connectivity index (χ0n) is 54.8.